The molecule has 1 saturated heterocycles. The standard InChI is InChI=1S/C23H34BNO7/c1-21(2,3)30-20(28)25-14-17(24-31-22(4,5)23(6,7)32-24)11-15-9-10-16(13-19(26)27)18(12-15)29-8/h9-12H,13-14H2,1-8H3,(H,25,28)(H,26,27). The molecule has 0 bridgehead atoms. The molecule has 0 saturated carbocycles. The van der Waals surface area contributed by atoms with Crippen molar-refractivity contribution in [1.29, 1.82) is 0 Å². The third-order valence-corrected chi connectivity index (χ3v) is 5.40. The van der Waals surface area contributed by atoms with Gasteiger partial charge in [0.05, 0.1) is 24.7 Å². The molecule has 1 aliphatic heterocycles. The molecular formula is C23H34BNO7. The Bertz CT molecular complexity index is 871. The van der Waals surface area contributed by atoms with E-state index >= 15 is 0 Å². The van der Waals surface area contributed by atoms with Crippen LogP contribution in [0.1, 0.15) is 59.6 Å². The molecule has 0 aliphatic carbocycles. The predicted octanol–water partition coefficient (Wildman–Crippen LogP) is 3.86. The molecular weight excluding hydrogens is 413 g/mol. The van der Waals surface area contributed by atoms with Crippen molar-refractivity contribution >= 4 is 25.3 Å². The van der Waals surface area contributed by atoms with Crippen molar-refractivity contribution in [3.63, 3.8) is 0 Å². The average Bonchev–Trinajstić information content (AvgIpc) is 2.85. The van der Waals surface area contributed by atoms with E-state index in [4.69, 9.17) is 23.9 Å². The minimum atomic E-state index is -0.939. The molecule has 8 nitrogen and oxygen atoms in total. The zero-order chi connectivity index (χ0) is 24.3. The van der Waals surface area contributed by atoms with Crippen LogP contribution in [-0.2, 0) is 25.3 Å². The smallest absolute Gasteiger partial charge is 0.492 e. The van der Waals surface area contributed by atoms with Gasteiger partial charge in [-0.3, -0.25) is 4.79 Å². The summed E-state index contributed by atoms with van der Waals surface area (Å²) in [5, 5.41) is 11.9. The normalized spacial score (nSPS) is 17.8. The number of carboxylic acids is 1. The number of carbonyl (C=O) groups is 2. The minimum absolute atomic E-state index is 0.141. The number of nitrogens with one attached hydrogen (secondary N) is 1. The summed E-state index contributed by atoms with van der Waals surface area (Å²) < 4.78 is 23.1. The maximum absolute atomic E-state index is 12.2. The summed E-state index contributed by atoms with van der Waals surface area (Å²) in [6.45, 7) is 13.3. The van der Waals surface area contributed by atoms with Gasteiger partial charge >= 0.3 is 19.2 Å². The molecule has 1 heterocycles. The number of hydrogen-bond donors (Lipinski definition) is 2. The topological polar surface area (TPSA) is 103 Å². The highest BCUT2D eigenvalue weighted by Crippen LogP contribution is 2.39. The van der Waals surface area contributed by atoms with Crippen molar-refractivity contribution in [2.45, 2.75) is 71.7 Å². The molecule has 9 heteroatoms. The van der Waals surface area contributed by atoms with E-state index in [0.717, 1.165) is 5.56 Å². The number of methoxy groups -OCH3 is 1. The Morgan fingerprint density at radius 3 is 2.25 bits per heavy atom. The lowest BCUT2D eigenvalue weighted by atomic mass is 9.77. The van der Waals surface area contributed by atoms with Crippen LogP contribution in [0.2, 0.25) is 0 Å². The second-order valence-electron chi connectivity index (χ2n) is 9.80. The molecule has 2 N–H and O–H groups in total. The molecule has 0 spiro atoms. The number of carbonyl (C=O) groups excluding carboxylic acids is 1. The van der Waals surface area contributed by atoms with Crippen LogP contribution < -0.4 is 10.1 Å². The van der Waals surface area contributed by atoms with Gasteiger partial charge in [0.2, 0.25) is 0 Å². The molecule has 32 heavy (non-hydrogen) atoms. The first-order valence-electron chi connectivity index (χ1n) is 10.6. The number of rotatable bonds is 7. The average molecular weight is 447 g/mol. The number of benzene rings is 1. The Labute approximate surface area is 190 Å². The lowest BCUT2D eigenvalue weighted by Gasteiger charge is -2.32. The van der Waals surface area contributed by atoms with Gasteiger partial charge in [0.1, 0.15) is 11.4 Å². The zero-order valence-corrected chi connectivity index (χ0v) is 20.2. The van der Waals surface area contributed by atoms with Crippen molar-refractivity contribution in [1.82, 2.24) is 5.32 Å². The van der Waals surface area contributed by atoms with Crippen LogP contribution in [0.15, 0.2) is 23.7 Å². The van der Waals surface area contributed by atoms with Crippen LogP contribution in [0, 0.1) is 0 Å². The quantitative estimate of drug-likeness (QED) is 0.612. The van der Waals surface area contributed by atoms with Crippen LogP contribution in [0.4, 0.5) is 4.79 Å². The summed E-state index contributed by atoms with van der Waals surface area (Å²) in [5.41, 5.74) is 0.290. The van der Waals surface area contributed by atoms with Gasteiger partial charge in [-0.25, -0.2) is 4.79 Å². The summed E-state index contributed by atoms with van der Waals surface area (Å²) in [5.74, 6) is -0.472. The number of amides is 1. The summed E-state index contributed by atoms with van der Waals surface area (Å²) in [6.07, 6.45) is 1.15. The SMILES string of the molecule is COc1cc(C=C(CNC(=O)OC(C)(C)C)B2OC(C)(C)C(C)(C)O2)ccc1CC(=O)O. The van der Waals surface area contributed by atoms with Crippen LogP contribution in [0.25, 0.3) is 6.08 Å². The van der Waals surface area contributed by atoms with Gasteiger partial charge in [-0.2, -0.15) is 0 Å². The second-order valence-corrected chi connectivity index (χ2v) is 9.80. The van der Waals surface area contributed by atoms with E-state index < -0.39 is 36.0 Å². The fraction of sp³-hybridized carbons (Fsp3) is 0.565. The summed E-state index contributed by atoms with van der Waals surface area (Å²) in [7, 11) is 0.813. The summed E-state index contributed by atoms with van der Waals surface area (Å²) in [6, 6.07) is 5.25. The van der Waals surface area contributed by atoms with Gasteiger partial charge < -0.3 is 29.2 Å². The van der Waals surface area contributed by atoms with Crippen molar-refractivity contribution in [3.05, 3.63) is 34.8 Å². The van der Waals surface area contributed by atoms with Crippen molar-refractivity contribution in [2.24, 2.45) is 0 Å². The van der Waals surface area contributed by atoms with E-state index in [9.17, 15) is 9.59 Å². The monoisotopic (exact) mass is 447 g/mol. The molecule has 1 aromatic rings. The molecule has 1 aromatic carbocycles. The zero-order valence-electron chi connectivity index (χ0n) is 20.2. The van der Waals surface area contributed by atoms with E-state index in [1.807, 2.05) is 33.8 Å². The number of hydrogen-bond acceptors (Lipinski definition) is 6. The van der Waals surface area contributed by atoms with Crippen LogP contribution in [0.5, 0.6) is 5.75 Å². The van der Waals surface area contributed by atoms with Crippen molar-refractivity contribution < 1.29 is 33.5 Å². The van der Waals surface area contributed by atoms with Crippen LogP contribution in [-0.4, -0.2) is 54.7 Å². The van der Waals surface area contributed by atoms with Gasteiger partial charge in [0.25, 0.3) is 0 Å². The Morgan fingerprint density at radius 2 is 1.75 bits per heavy atom. The number of aliphatic carboxylic acids is 1. The minimum Gasteiger partial charge on any atom is -0.496 e. The van der Waals surface area contributed by atoms with Crippen molar-refractivity contribution in [3.8, 4) is 5.75 Å². The number of alkyl carbamates (subject to hydrolysis) is 1. The number of ether oxygens (including phenoxy) is 2. The predicted molar refractivity (Wildman–Crippen MR) is 123 cm³/mol. The Kier molecular flexibility index (Phi) is 7.68. The third kappa shape index (κ3) is 6.74. The van der Waals surface area contributed by atoms with Crippen molar-refractivity contribution in [2.75, 3.05) is 13.7 Å². The van der Waals surface area contributed by atoms with Crippen LogP contribution >= 0.6 is 0 Å². The van der Waals surface area contributed by atoms with E-state index in [1.165, 1.54) is 7.11 Å². The maximum Gasteiger partial charge on any atom is 0.492 e. The van der Waals surface area contributed by atoms with E-state index in [0.29, 0.717) is 16.8 Å². The molecule has 2 rings (SSSR count). The molecule has 0 unspecified atom stereocenters. The second kappa shape index (κ2) is 9.54. The first-order chi connectivity index (χ1) is 14.6. The Balaban J connectivity index is 2.34. The highest BCUT2D eigenvalue weighted by Gasteiger charge is 2.52. The van der Waals surface area contributed by atoms with Gasteiger partial charge in [-0.15, -0.1) is 0 Å². The molecule has 1 aliphatic rings. The summed E-state index contributed by atoms with van der Waals surface area (Å²) in [4.78, 5) is 23.3. The molecule has 0 aromatic heterocycles. The van der Waals surface area contributed by atoms with Crippen LogP contribution in [0.3, 0.4) is 0 Å². The lowest BCUT2D eigenvalue weighted by Crippen LogP contribution is -2.41. The fourth-order valence-corrected chi connectivity index (χ4v) is 3.06. The largest absolute Gasteiger partial charge is 0.496 e. The molecule has 176 valence electrons. The highest BCUT2D eigenvalue weighted by molar-refractivity contribution is 6.56. The van der Waals surface area contributed by atoms with E-state index in [2.05, 4.69) is 5.32 Å². The van der Waals surface area contributed by atoms with Gasteiger partial charge in [-0.1, -0.05) is 18.2 Å². The molecule has 0 radical (unpaired) electrons. The fourth-order valence-electron chi connectivity index (χ4n) is 3.06. The molecule has 0 atom stereocenters. The van der Waals surface area contributed by atoms with Gasteiger partial charge in [-0.05, 0) is 65.6 Å². The first kappa shape index (κ1) is 25.7. The Morgan fingerprint density at radius 1 is 1.16 bits per heavy atom. The van der Waals surface area contributed by atoms with E-state index in [1.54, 1.807) is 39.0 Å². The first-order valence-corrected chi connectivity index (χ1v) is 10.6. The Hall–Kier alpha value is -2.52. The van der Waals surface area contributed by atoms with E-state index in [-0.39, 0.29) is 13.0 Å². The molecule has 1 fully saturated rings. The third-order valence-electron chi connectivity index (χ3n) is 5.40. The molecule has 1 amide bonds. The summed E-state index contributed by atoms with van der Waals surface area (Å²) >= 11 is 0. The van der Waals surface area contributed by atoms with Gasteiger partial charge in [0, 0.05) is 12.1 Å². The lowest BCUT2D eigenvalue weighted by molar-refractivity contribution is -0.136. The maximum atomic E-state index is 12.2. The van der Waals surface area contributed by atoms with Gasteiger partial charge in [0.15, 0.2) is 0 Å². The highest BCUT2D eigenvalue weighted by atomic mass is 16.7. The number of carboxylic acid groups (broad SMARTS) is 1.